The van der Waals surface area contributed by atoms with E-state index in [2.05, 4.69) is 5.32 Å². The van der Waals surface area contributed by atoms with Gasteiger partial charge in [-0.2, -0.15) is 0 Å². The van der Waals surface area contributed by atoms with E-state index in [1.54, 1.807) is 12.3 Å². The van der Waals surface area contributed by atoms with Crippen LogP contribution in [0.4, 0.5) is 0 Å². The summed E-state index contributed by atoms with van der Waals surface area (Å²) >= 11 is 0. The second-order valence-corrected chi connectivity index (χ2v) is 5.99. The molecule has 116 valence electrons. The molecule has 1 aromatic rings. The fourth-order valence-corrected chi connectivity index (χ4v) is 3.11. The topological polar surface area (TPSA) is 71.3 Å². The van der Waals surface area contributed by atoms with Gasteiger partial charge in [-0.25, -0.2) is 0 Å². The fourth-order valence-electron chi connectivity index (χ4n) is 3.11. The smallest absolute Gasteiger partial charge is 0.220 e. The van der Waals surface area contributed by atoms with Crippen LogP contribution in [0, 0.1) is 5.92 Å². The SMILES string of the molecule is C[C@H](NC(=O)CC1CCCC1)c1cc(C(=O)CO)cn1C. The molecule has 2 N–H and O–H groups in total. The zero-order chi connectivity index (χ0) is 15.4. The van der Waals surface area contributed by atoms with Gasteiger partial charge in [0.2, 0.25) is 5.91 Å². The van der Waals surface area contributed by atoms with E-state index in [9.17, 15) is 9.59 Å². The second kappa shape index (κ2) is 6.89. The Hall–Kier alpha value is -1.62. The Morgan fingerprint density at radius 3 is 2.71 bits per heavy atom. The molecule has 5 heteroatoms. The molecule has 21 heavy (non-hydrogen) atoms. The van der Waals surface area contributed by atoms with Gasteiger partial charge in [0.1, 0.15) is 6.61 Å². The quantitative estimate of drug-likeness (QED) is 0.787. The highest BCUT2D eigenvalue weighted by Crippen LogP contribution is 2.27. The van der Waals surface area contributed by atoms with Gasteiger partial charge in [0.05, 0.1) is 6.04 Å². The monoisotopic (exact) mass is 292 g/mol. The van der Waals surface area contributed by atoms with Crippen molar-refractivity contribution < 1.29 is 14.7 Å². The van der Waals surface area contributed by atoms with Crippen molar-refractivity contribution in [1.29, 1.82) is 0 Å². The number of aromatic nitrogens is 1. The summed E-state index contributed by atoms with van der Waals surface area (Å²) in [4.78, 5) is 23.6. The van der Waals surface area contributed by atoms with Crippen molar-refractivity contribution in [2.75, 3.05) is 6.61 Å². The molecule has 0 spiro atoms. The van der Waals surface area contributed by atoms with Crippen molar-refractivity contribution in [3.05, 3.63) is 23.5 Å². The first-order valence-corrected chi connectivity index (χ1v) is 7.61. The number of Topliss-reactive ketones (excluding diaryl/α,β-unsaturated/α-hetero) is 1. The van der Waals surface area contributed by atoms with E-state index in [-0.39, 0.29) is 17.7 Å². The third-order valence-corrected chi connectivity index (χ3v) is 4.28. The molecular weight excluding hydrogens is 268 g/mol. The van der Waals surface area contributed by atoms with Gasteiger partial charge in [0.25, 0.3) is 0 Å². The van der Waals surface area contributed by atoms with Gasteiger partial charge < -0.3 is 15.0 Å². The number of rotatable bonds is 6. The van der Waals surface area contributed by atoms with E-state index in [1.807, 2.05) is 18.5 Å². The molecule has 1 aromatic heterocycles. The Morgan fingerprint density at radius 1 is 1.43 bits per heavy atom. The van der Waals surface area contributed by atoms with E-state index in [0.717, 1.165) is 18.5 Å². The number of carbonyl (C=O) groups is 2. The lowest BCUT2D eigenvalue weighted by atomic mass is 10.0. The fraction of sp³-hybridized carbons (Fsp3) is 0.625. The number of nitrogens with zero attached hydrogens (tertiary/aromatic N) is 1. The summed E-state index contributed by atoms with van der Waals surface area (Å²) in [7, 11) is 1.84. The average molecular weight is 292 g/mol. The second-order valence-electron chi connectivity index (χ2n) is 5.99. The predicted octanol–water partition coefficient (Wildman–Crippen LogP) is 1.96. The molecule has 1 aliphatic carbocycles. The van der Waals surface area contributed by atoms with Gasteiger partial charge in [-0.1, -0.05) is 12.8 Å². The van der Waals surface area contributed by atoms with E-state index in [0.29, 0.717) is 17.9 Å². The Bertz CT molecular complexity index is 516. The standard InChI is InChI=1S/C16H24N2O3/c1-11(17-16(21)7-12-5-3-4-6-12)14-8-13(9-18(14)2)15(20)10-19/h8-9,11-12,19H,3-7,10H2,1-2H3,(H,17,21)/t11-/m0/s1. The van der Waals surface area contributed by atoms with Crippen molar-refractivity contribution in [3.8, 4) is 0 Å². The van der Waals surface area contributed by atoms with Crippen LogP contribution >= 0.6 is 0 Å². The number of aliphatic hydroxyl groups is 1. The predicted molar refractivity (Wildman–Crippen MR) is 80.0 cm³/mol. The van der Waals surface area contributed by atoms with Gasteiger partial charge in [-0.3, -0.25) is 9.59 Å². The first-order chi connectivity index (χ1) is 10.0. The Labute approximate surface area is 125 Å². The van der Waals surface area contributed by atoms with Crippen LogP contribution in [0.2, 0.25) is 0 Å². The average Bonchev–Trinajstić information content (AvgIpc) is 3.07. The summed E-state index contributed by atoms with van der Waals surface area (Å²) < 4.78 is 1.82. The lowest BCUT2D eigenvalue weighted by Crippen LogP contribution is -2.29. The van der Waals surface area contributed by atoms with E-state index >= 15 is 0 Å². The normalized spacial score (nSPS) is 16.9. The molecule has 1 atom stereocenters. The van der Waals surface area contributed by atoms with Gasteiger partial charge in [-0.05, 0) is 31.7 Å². The molecule has 1 amide bonds. The summed E-state index contributed by atoms with van der Waals surface area (Å²) in [6, 6.07) is 1.59. The molecule has 1 saturated carbocycles. The summed E-state index contributed by atoms with van der Waals surface area (Å²) in [5, 5.41) is 11.9. The summed E-state index contributed by atoms with van der Waals surface area (Å²) in [6.07, 6.45) is 7.06. The summed E-state index contributed by atoms with van der Waals surface area (Å²) in [6.45, 7) is 1.42. The molecule has 2 rings (SSSR count). The number of amides is 1. The minimum atomic E-state index is -0.494. The molecule has 1 aliphatic rings. The third-order valence-electron chi connectivity index (χ3n) is 4.28. The maximum absolute atomic E-state index is 12.1. The van der Waals surface area contributed by atoms with E-state index < -0.39 is 6.61 Å². The molecule has 0 radical (unpaired) electrons. The maximum atomic E-state index is 12.1. The molecule has 0 aliphatic heterocycles. The zero-order valence-corrected chi connectivity index (χ0v) is 12.8. The number of aryl methyl sites for hydroxylation is 1. The maximum Gasteiger partial charge on any atom is 0.220 e. The van der Waals surface area contributed by atoms with Crippen LogP contribution in [0.15, 0.2) is 12.3 Å². The Kier molecular flexibility index (Phi) is 5.17. The number of carbonyl (C=O) groups excluding carboxylic acids is 2. The highest BCUT2D eigenvalue weighted by Gasteiger charge is 2.21. The van der Waals surface area contributed by atoms with Crippen molar-refractivity contribution in [3.63, 3.8) is 0 Å². The molecule has 0 unspecified atom stereocenters. The molecule has 0 saturated heterocycles. The number of hydrogen-bond acceptors (Lipinski definition) is 3. The van der Waals surface area contributed by atoms with Crippen LogP contribution in [0.3, 0.4) is 0 Å². The van der Waals surface area contributed by atoms with Crippen LogP contribution < -0.4 is 5.32 Å². The van der Waals surface area contributed by atoms with E-state index in [1.165, 1.54) is 12.8 Å². The number of nitrogens with one attached hydrogen (secondary N) is 1. The summed E-state index contributed by atoms with van der Waals surface area (Å²) in [5.74, 6) is 0.295. The molecule has 1 heterocycles. The minimum Gasteiger partial charge on any atom is -0.388 e. The van der Waals surface area contributed by atoms with Crippen LogP contribution in [0.1, 0.15) is 61.1 Å². The first kappa shape index (κ1) is 15.8. The van der Waals surface area contributed by atoms with Gasteiger partial charge >= 0.3 is 0 Å². The first-order valence-electron chi connectivity index (χ1n) is 7.61. The highest BCUT2D eigenvalue weighted by molar-refractivity contribution is 5.97. The van der Waals surface area contributed by atoms with Crippen LogP contribution in [0.25, 0.3) is 0 Å². The summed E-state index contributed by atoms with van der Waals surface area (Å²) in [5.41, 5.74) is 1.35. The Morgan fingerprint density at radius 2 is 2.10 bits per heavy atom. The van der Waals surface area contributed by atoms with Gasteiger partial charge in [0.15, 0.2) is 5.78 Å². The molecule has 0 bridgehead atoms. The zero-order valence-electron chi connectivity index (χ0n) is 12.8. The minimum absolute atomic E-state index is 0.0747. The Balaban J connectivity index is 1.95. The number of ketones is 1. The van der Waals surface area contributed by atoms with E-state index in [4.69, 9.17) is 5.11 Å². The highest BCUT2D eigenvalue weighted by atomic mass is 16.3. The lowest BCUT2D eigenvalue weighted by molar-refractivity contribution is -0.122. The largest absolute Gasteiger partial charge is 0.388 e. The van der Waals surface area contributed by atoms with Crippen LogP contribution in [-0.4, -0.2) is 28.0 Å². The van der Waals surface area contributed by atoms with Crippen molar-refractivity contribution in [1.82, 2.24) is 9.88 Å². The van der Waals surface area contributed by atoms with Crippen molar-refractivity contribution in [2.45, 2.75) is 45.1 Å². The third kappa shape index (κ3) is 3.94. The molecular formula is C16H24N2O3. The van der Waals surface area contributed by atoms with Gasteiger partial charge in [-0.15, -0.1) is 0 Å². The molecule has 1 fully saturated rings. The lowest BCUT2D eigenvalue weighted by Gasteiger charge is -2.16. The van der Waals surface area contributed by atoms with Crippen molar-refractivity contribution in [2.24, 2.45) is 13.0 Å². The van der Waals surface area contributed by atoms with Crippen molar-refractivity contribution >= 4 is 11.7 Å². The molecule has 0 aromatic carbocycles. The van der Waals surface area contributed by atoms with Gasteiger partial charge in [0, 0.05) is 30.9 Å². The van der Waals surface area contributed by atoms with Crippen LogP contribution in [0.5, 0.6) is 0 Å². The molecule has 5 nitrogen and oxygen atoms in total. The number of aliphatic hydroxyl groups excluding tert-OH is 1. The number of hydrogen-bond donors (Lipinski definition) is 2. The van der Waals surface area contributed by atoms with Crippen LogP contribution in [-0.2, 0) is 11.8 Å².